The highest BCUT2D eigenvalue weighted by Gasteiger charge is 2.40. The summed E-state index contributed by atoms with van der Waals surface area (Å²) >= 11 is 3.96. The van der Waals surface area contributed by atoms with Crippen molar-refractivity contribution in [3.8, 4) is 0 Å². The molecule has 1 rings (SSSR count). The van der Waals surface area contributed by atoms with E-state index in [0.29, 0.717) is 19.2 Å². The van der Waals surface area contributed by atoms with Gasteiger partial charge in [-0.15, -0.1) is 0 Å². The maximum atomic E-state index is 11.0. The van der Waals surface area contributed by atoms with E-state index in [0.717, 1.165) is 12.8 Å². The summed E-state index contributed by atoms with van der Waals surface area (Å²) in [4.78, 5) is 11.0. The van der Waals surface area contributed by atoms with Gasteiger partial charge in [-0.1, -0.05) is 6.08 Å². The van der Waals surface area contributed by atoms with E-state index in [1.165, 1.54) is 6.08 Å². The van der Waals surface area contributed by atoms with Gasteiger partial charge in [0.25, 0.3) is 0 Å². The summed E-state index contributed by atoms with van der Waals surface area (Å²) in [6, 6.07) is 0. The molecule has 0 N–H and O–H groups in total. The lowest BCUT2D eigenvalue weighted by Crippen LogP contribution is -2.08. The molecule has 1 aliphatic rings. The highest BCUT2D eigenvalue weighted by molar-refractivity contribution is 7.80. The van der Waals surface area contributed by atoms with Gasteiger partial charge in [0.05, 0.1) is 19.2 Å². The first kappa shape index (κ1) is 11.6. The lowest BCUT2D eigenvalue weighted by molar-refractivity contribution is -0.137. The minimum atomic E-state index is -0.273. The molecule has 0 unspecified atom stereocenters. The Bertz CT molecular complexity index is 221. The minimum absolute atomic E-state index is 0.0789. The number of rotatable bonds is 6. The van der Waals surface area contributed by atoms with Gasteiger partial charge in [-0.25, -0.2) is 4.79 Å². The second-order valence-corrected chi connectivity index (χ2v) is 3.68. The maximum Gasteiger partial charge on any atom is 0.330 e. The molecule has 0 heterocycles. The number of carbonyl (C=O) groups excluding carboxylic acids is 1. The molecule has 0 amide bonds. The lowest BCUT2D eigenvalue weighted by atomic mass is 10.1. The predicted octanol–water partition coefficient (Wildman–Crippen LogP) is 1.79. The Kier molecular flexibility index (Phi) is 4.48. The molecule has 1 aliphatic carbocycles. The molecule has 0 aliphatic heterocycles. The Balaban J connectivity index is 2.31. The molecule has 4 heteroatoms. The molecule has 0 radical (unpaired) electrons. The Labute approximate surface area is 89.9 Å². The first-order valence-electron chi connectivity index (χ1n) is 4.77. The van der Waals surface area contributed by atoms with Crippen LogP contribution >= 0.6 is 12.6 Å². The first-order chi connectivity index (χ1) is 6.72. The molecular formula is C10H16O3S. The third kappa shape index (κ3) is 3.72. The molecule has 0 spiro atoms. The molecule has 1 fully saturated rings. The van der Waals surface area contributed by atoms with Gasteiger partial charge < -0.3 is 9.47 Å². The Morgan fingerprint density at radius 2 is 2.29 bits per heavy atom. The summed E-state index contributed by atoms with van der Waals surface area (Å²) in [6.45, 7) is 2.86. The van der Waals surface area contributed by atoms with Gasteiger partial charge >= 0.3 is 5.97 Å². The van der Waals surface area contributed by atoms with Gasteiger partial charge in [0.2, 0.25) is 0 Å². The van der Waals surface area contributed by atoms with Crippen LogP contribution in [0.4, 0.5) is 0 Å². The van der Waals surface area contributed by atoms with Crippen molar-refractivity contribution in [1.82, 2.24) is 0 Å². The fraction of sp³-hybridized carbons (Fsp3) is 0.700. The van der Waals surface area contributed by atoms with Crippen molar-refractivity contribution in [2.24, 2.45) is 5.41 Å². The highest BCUT2D eigenvalue weighted by Crippen LogP contribution is 2.47. The molecule has 0 aromatic heterocycles. The van der Waals surface area contributed by atoms with Crippen LogP contribution in [0, 0.1) is 5.41 Å². The largest absolute Gasteiger partial charge is 0.463 e. The van der Waals surface area contributed by atoms with Gasteiger partial charge in [-0.05, 0) is 19.8 Å². The maximum absolute atomic E-state index is 11.0. The van der Waals surface area contributed by atoms with Crippen LogP contribution < -0.4 is 0 Å². The van der Waals surface area contributed by atoms with Gasteiger partial charge in [0, 0.05) is 11.5 Å². The van der Waals surface area contributed by atoms with Crippen LogP contribution in [0.25, 0.3) is 0 Å². The van der Waals surface area contributed by atoms with E-state index in [1.807, 2.05) is 6.08 Å². The van der Waals surface area contributed by atoms with Crippen molar-refractivity contribution in [3.05, 3.63) is 12.2 Å². The smallest absolute Gasteiger partial charge is 0.330 e. The van der Waals surface area contributed by atoms with Crippen molar-refractivity contribution in [3.63, 3.8) is 0 Å². The quantitative estimate of drug-likeness (QED) is 0.318. The first-order valence-corrected chi connectivity index (χ1v) is 5.40. The monoisotopic (exact) mass is 216 g/mol. The zero-order valence-corrected chi connectivity index (χ0v) is 9.26. The summed E-state index contributed by atoms with van der Waals surface area (Å²) in [5.74, 6) is 0.152. The SMILES string of the molecule is CCOC(=O)/C=C/C1(COCS)CC1. The molecule has 0 aromatic carbocycles. The van der Waals surface area contributed by atoms with E-state index >= 15 is 0 Å². The lowest BCUT2D eigenvalue weighted by Gasteiger charge is -2.08. The number of hydrogen-bond acceptors (Lipinski definition) is 4. The topological polar surface area (TPSA) is 35.5 Å². The van der Waals surface area contributed by atoms with Crippen LogP contribution in [0.2, 0.25) is 0 Å². The molecule has 0 atom stereocenters. The molecule has 80 valence electrons. The van der Waals surface area contributed by atoms with E-state index in [1.54, 1.807) is 6.92 Å². The summed E-state index contributed by atoms with van der Waals surface area (Å²) in [6.07, 6.45) is 5.56. The van der Waals surface area contributed by atoms with E-state index in [-0.39, 0.29) is 11.4 Å². The third-order valence-corrected chi connectivity index (χ3v) is 2.42. The van der Waals surface area contributed by atoms with Crippen LogP contribution in [-0.4, -0.2) is 25.1 Å². The van der Waals surface area contributed by atoms with Crippen molar-refractivity contribution >= 4 is 18.6 Å². The number of ether oxygens (including phenoxy) is 2. The van der Waals surface area contributed by atoms with E-state index in [4.69, 9.17) is 9.47 Å². The number of hydrogen-bond donors (Lipinski definition) is 1. The van der Waals surface area contributed by atoms with Crippen LogP contribution in [0.1, 0.15) is 19.8 Å². The van der Waals surface area contributed by atoms with E-state index in [2.05, 4.69) is 12.6 Å². The van der Waals surface area contributed by atoms with Crippen LogP contribution in [0.5, 0.6) is 0 Å². The van der Waals surface area contributed by atoms with E-state index in [9.17, 15) is 4.79 Å². The van der Waals surface area contributed by atoms with Gasteiger partial charge in [0.15, 0.2) is 0 Å². The summed E-state index contributed by atoms with van der Waals surface area (Å²) in [5, 5.41) is 0. The van der Waals surface area contributed by atoms with Crippen molar-refractivity contribution < 1.29 is 14.3 Å². The second-order valence-electron chi connectivity index (χ2n) is 3.43. The van der Waals surface area contributed by atoms with Crippen molar-refractivity contribution in [2.75, 3.05) is 19.2 Å². The number of carbonyl (C=O) groups is 1. The van der Waals surface area contributed by atoms with Gasteiger partial charge in [-0.3, -0.25) is 0 Å². The molecular weight excluding hydrogens is 200 g/mol. The third-order valence-electron chi connectivity index (χ3n) is 2.23. The average molecular weight is 216 g/mol. The van der Waals surface area contributed by atoms with E-state index < -0.39 is 0 Å². The summed E-state index contributed by atoms with van der Waals surface area (Å²) < 4.78 is 10.0. The molecule has 0 bridgehead atoms. The minimum Gasteiger partial charge on any atom is -0.463 e. The predicted molar refractivity (Wildman–Crippen MR) is 57.2 cm³/mol. The molecule has 0 aromatic rings. The molecule has 14 heavy (non-hydrogen) atoms. The fourth-order valence-electron chi connectivity index (χ4n) is 1.20. The molecule has 3 nitrogen and oxygen atoms in total. The van der Waals surface area contributed by atoms with Crippen molar-refractivity contribution in [1.29, 1.82) is 0 Å². The zero-order valence-electron chi connectivity index (χ0n) is 8.36. The van der Waals surface area contributed by atoms with Crippen LogP contribution in [-0.2, 0) is 14.3 Å². The normalized spacial score (nSPS) is 18.4. The van der Waals surface area contributed by atoms with Gasteiger partial charge in [-0.2, -0.15) is 12.6 Å². The fourth-order valence-corrected chi connectivity index (χ4v) is 1.30. The van der Waals surface area contributed by atoms with Crippen molar-refractivity contribution in [2.45, 2.75) is 19.8 Å². The second kappa shape index (κ2) is 5.41. The zero-order chi connectivity index (χ0) is 10.4. The highest BCUT2D eigenvalue weighted by atomic mass is 32.1. The molecule has 0 saturated heterocycles. The average Bonchev–Trinajstić information content (AvgIpc) is 2.93. The molecule has 1 saturated carbocycles. The number of esters is 1. The number of thiol groups is 1. The Morgan fingerprint density at radius 3 is 2.79 bits per heavy atom. The van der Waals surface area contributed by atoms with Crippen LogP contribution in [0.15, 0.2) is 12.2 Å². The Hall–Kier alpha value is -0.480. The van der Waals surface area contributed by atoms with Crippen LogP contribution in [0.3, 0.4) is 0 Å². The van der Waals surface area contributed by atoms with Gasteiger partial charge in [0.1, 0.15) is 0 Å². The summed E-state index contributed by atoms with van der Waals surface area (Å²) in [5.41, 5.74) is 0.0789. The standard InChI is InChI=1S/C10H16O3S/c1-2-13-9(11)3-4-10(5-6-10)7-12-8-14/h3-4,14H,2,5-8H2,1H3/b4-3+. The summed E-state index contributed by atoms with van der Waals surface area (Å²) in [7, 11) is 0. The Morgan fingerprint density at radius 1 is 1.57 bits per heavy atom.